The van der Waals surface area contributed by atoms with Gasteiger partial charge in [0.15, 0.2) is 0 Å². The van der Waals surface area contributed by atoms with Gasteiger partial charge in [-0.2, -0.15) is 0 Å². The Kier molecular flexibility index (Phi) is 3.58. The Bertz CT molecular complexity index is 444. The van der Waals surface area contributed by atoms with Crippen LogP contribution in [-0.2, 0) is 6.42 Å². The standard InChI is InChI=1S/C17H24N2/c1-2-19-14-17(11-7-4-8-12-17)18-16(19)13-15-9-5-3-6-10-15/h3,5-6,9-10H,2,4,7-8,11-14H2,1H3. The molecular weight excluding hydrogens is 232 g/mol. The lowest BCUT2D eigenvalue weighted by molar-refractivity contribution is 0.266. The molecule has 1 spiro atoms. The van der Waals surface area contributed by atoms with E-state index < -0.39 is 0 Å². The second-order valence-electron chi connectivity index (χ2n) is 5.99. The molecule has 0 unspecified atom stereocenters. The Morgan fingerprint density at radius 3 is 2.53 bits per heavy atom. The van der Waals surface area contributed by atoms with Crippen molar-refractivity contribution < 1.29 is 0 Å². The van der Waals surface area contributed by atoms with Crippen molar-refractivity contribution in [1.82, 2.24) is 4.90 Å². The molecule has 0 saturated heterocycles. The van der Waals surface area contributed by atoms with E-state index in [9.17, 15) is 0 Å². The van der Waals surface area contributed by atoms with Gasteiger partial charge in [0.2, 0.25) is 0 Å². The van der Waals surface area contributed by atoms with E-state index in [-0.39, 0.29) is 5.54 Å². The Balaban J connectivity index is 1.79. The average molecular weight is 256 g/mol. The van der Waals surface area contributed by atoms with Crippen LogP contribution in [0.3, 0.4) is 0 Å². The Hall–Kier alpha value is -1.31. The van der Waals surface area contributed by atoms with Gasteiger partial charge in [-0.25, -0.2) is 0 Å². The van der Waals surface area contributed by atoms with Crippen LogP contribution in [0.4, 0.5) is 0 Å². The normalized spacial score (nSPS) is 21.7. The largest absolute Gasteiger partial charge is 0.358 e. The molecule has 0 bridgehead atoms. The number of benzene rings is 1. The quantitative estimate of drug-likeness (QED) is 0.805. The molecule has 1 aliphatic carbocycles. The highest BCUT2D eigenvalue weighted by molar-refractivity contribution is 5.86. The minimum Gasteiger partial charge on any atom is -0.358 e. The molecule has 0 aromatic heterocycles. The number of hydrogen-bond donors (Lipinski definition) is 0. The van der Waals surface area contributed by atoms with E-state index in [1.54, 1.807) is 0 Å². The third-order valence-electron chi connectivity index (χ3n) is 4.59. The Labute approximate surface area is 116 Å². The molecule has 0 amide bonds. The van der Waals surface area contributed by atoms with Gasteiger partial charge in [-0.05, 0) is 25.3 Å². The first-order chi connectivity index (χ1) is 9.31. The first kappa shape index (κ1) is 12.7. The summed E-state index contributed by atoms with van der Waals surface area (Å²) in [5.74, 6) is 1.32. The predicted octanol–water partition coefficient (Wildman–Crippen LogP) is 3.67. The molecule has 2 nitrogen and oxygen atoms in total. The number of amidine groups is 1. The molecule has 3 rings (SSSR count). The van der Waals surface area contributed by atoms with Gasteiger partial charge in [0, 0.05) is 19.5 Å². The van der Waals surface area contributed by atoms with Gasteiger partial charge in [0.25, 0.3) is 0 Å². The van der Waals surface area contributed by atoms with Crippen LogP contribution in [0.15, 0.2) is 35.3 Å². The molecule has 1 aliphatic heterocycles. The topological polar surface area (TPSA) is 15.6 Å². The van der Waals surface area contributed by atoms with Crippen molar-refractivity contribution in [2.24, 2.45) is 4.99 Å². The summed E-state index contributed by atoms with van der Waals surface area (Å²) in [4.78, 5) is 7.67. The number of likely N-dealkylation sites (N-methyl/N-ethyl adjacent to an activating group) is 1. The molecule has 1 aromatic rings. The van der Waals surface area contributed by atoms with Crippen LogP contribution in [0.5, 0.6) is 0 Å². The zero-order chi connectivity index (χ0) is 13.1. The van der Waals surface area contributed by atoms with Crippen molar-refractivity contribution in [3.8, 4) is 0 Å². The third kappa shape index (κ3) is 2.68. The van der Waals surface area contributed by atoms with Crippen molar-refractivity contribution >= 4 is 5.84 Å². The van der Waals surface area contributed by atoms with Gasteiger partial charge in [-0.1, -0.05) is 49.6 Å². The second kappa shape index (κ2) is 5.36. The average Bonchev–Trinajstić information content (AvgIpc) is 2.78. The van der Waals surface area contributed by atoms with E-state index >= 15 is 0 Å². The molecule has 2 aliphatic rings. The van der Waals surface area contributed by atoms with Crippen molar-refractivity contribution in [3.05, 3.63) is 35.9 Å². The molecule has 1 aromatic carbocycles. The van der Waals surface area contributed by atoms with Crippen molar-refractivity contribution in [2.45, 2.75) is 51.0 Å². The SMILES string of the molecule is CCN1CC2(CCCCC2)N=C1Cc1ccccc1. The van der Waals surface area contributed by atoms with E-state index in [2.05, 4.69) is 42.2 Å². The summed E-state index contributed by atoms with van der Waals surface area (Å²) in [5.41, 5.74) is 1.64. The number of hydrogen-bond acceptors (Lipinski definition) is 2. The highest BCUT2D eigenvalue weighted by Crippen LogP contribution is 2.36. The lowest BCUT2D eigenvalue weighted by Gasteiger charge is -2.31. The molecule has 2 heteroatoms. The molecule has 0 N–H and O–H groups in total. The van der Waals surface area contributed by atoms with Crippen LogP contribution in [0.25, 0.3) is 0 Å². The molecule has 0 radical (unpaired) electrons. The Morgan fingerprint density at radius 2 is 1.84 bits per heavy atom. The summed E-state index contributed by atoms with van der Waals surface area (Å²) in [6.07, 6.45) is 7.71. The van der Waals surface area contributed by atoms with E-state index in [4.69, 9.17) is 4.99 Å². The van der Waals surface area contributed by atoms with E-state index in [0.717, 1.165) is 19.5 Å². The number of aliphatic imine (C=N–C) groups is 1. The van der Waals surface area contributed by atoms with Crippen LogP contribution < -0.4 is 0 Å². The summed E-state index contributed by atoms with van der Waals surface area (Å²) >= 11 is 0. The zero-order valence-electron chi connectivity index (χ0n) is 11.9. The van der Waals surface area contributed by atoms with Crippen LogP contribution in [0, 0.1) is 0 Å². The summed E-state index contributed by atoms with van der Waals surface area (Å²) in [6, 6.07) is 10.7. The van der Waals surface area contributed by atoms with E-state index in [0.29, 0.717) is 0 Å². The van der Waals surface area contributed by atoms with Crippen LogP contribution >= 0.6 is 0 Å². The summed E-state index contributed by atoms with van der Waals surface area (Å²) in [5, 5.41) is 0. The number of rotatable bonds is 3. The maximum absolute atomic E-state index is 5.17. The number of nitrogens with zero attached hydrogens (tertiary/aromatic N) is 2. The maximum atomic E-state index is 5.17. The van der Waals surface area contributed by atoms with Crippen molar-refractivity contribution in [3.63, 3.8) is 0 Å². The molecule has 0 atom stereocenters. The fraction of sp³-hybridized carbons (Fsp3) is 0.588. The Morgan fingerprint density at radius 1 is 1.11 bits per heavy atom. The molecule has 1 heterocycles. The smallest absolute Gasteiger partial charge is 0.104 e. The van der Waals surface area contributed by atoms with Gasteiger partial charge >= 0.3 is 0 Å². The minimum atomic E-state index is 0.262. The minimum absolute atomic E-state index is 0.262. The molecule has 102 valence electrons. The highest BCUT2D eigenvalue weighted by Gasteiger charge is 2.39. The van der Waals surface area contributed by atoms with Crippen LogP contribution in [0.1, 0.15) is 44.6 Å². The van der Waals surface area contributed by atoms with Gasteiger partial charge in [0.05, 0.1) is 5.54 Å². The lowest BCUT2D eigenvalue weighted by Crippen LogP contribution is -2.37. The molecule has 19 heavy (non-hydrogen) atoms. The zero-order valence-corrected chi connectivity index (χ0v) is 11.9. The molecule has 1 fully saturated rings. The monoisotopic (exact) mass is 256 g/mol. The van der Waals surface area contributed by atoms with Crippen molar-refractivity contribution in [1.29, 1.82) is 0 Å². The molecule has 1 saturated carbocycles. The van der Waals surface area contributed by atoms with Gasteiger partial charge in [-0.15, -0.1) is 0 Å². The fourth-order valence-corrected chi connectivity index (χ4v) is 3.53. The summed E-state index contributed by atoms with van der Waals surface area (Å²) < 4.78 is 0. The van der Waals surface area contributed by atoms with Gasteiger partial charge in [0.1, 0.15) is 5.84 Å². The highest BCUT2D eigenvalue weighted by atomic mass is 15.3. The first-order valence-corrected chi connectivity index (χ1v) is 7.69. The summed E-state index contributed by atoms with van der Waals surface area (Å²) in [6.45, 7) is 4.50. The fourth-order valence-electron chi connectivity index (χ4n) is 3.53. The van der Waals surface area contributed by atoms with Crippen molar-refractivity contribution in [2.75, 3.05) is 13.1 Å². The van der Waals surface area contributed by atoms with Gasteiger partial charge < -0.3 is 4.90 Å². The van der Waals surface area contributed by atoms with Crippen LogP contribution in [0.2, 0.25) is 0 Å². The second-order valence-corrected chi connectivity index (χ2v) is 5.99. The third-order valence-corrected chi connectivity index (χ3v) is 4.59. The first-order valence-electron chi connectivity index (χ1n) is 7.69. The molecular formula is C17H24N2. The van der Waals surface area contributed by atoms with E-state index in [1.165, 1.54) is 43.5 Å². The lowest BCUT2D eigenvalue weighted by atomic mass is 9.82. The van der Waals surface area contributed by atoms with Gasteiger partial charge in [-0.3, -0.25) is 4.99 Å². The van der Waals surface area contributed by atoms with E-state index in [1.807, 2.05) is 0 Å². The summed E-state index contributed by atoms with van der Waals surface area (Å²) in [7, 11) is 0. The van der Waals surface area contributed by atoms with Crippen LogP contribution in [-0.4, -0.2) is 29.4 Å². The maximum Gasteiger partial charge on any atom is 0.104 e. The predicted molar refractivity (Wildman–Crippen MR) is 80.6 cm³/mol.